The standard InChI is InChI=1S/C3H9N.C3H4O2.C2H6.ClH/c1-4(2)3;1-2-3(4)5;1-2;/h1-3H3;2H,1H2,(H,4,5);1-2H3;1H. The second kappa shape index (κ2) is 22.4. The summed E-state index contributed by atoms with van der Waals surface area (Å²) in [5.41, 5.74) is 0. The highest BCUT2D eigenvalue weighted by Crippen LogP contribution is 1.54. The maximum absolute atomic E-state index is 9.25. The molecule has 0 atom stereocenters. The molecular formula is C8H20ClNO2. The van der Waals surface area contributed by atoms with Crippen LogP contribution in [0.3, 0.4) is 0 Å². The van der Waals surface area contributed by atoms with E-state index in [1.54, 1.807) is 0 Å². The lowest BCUT2D eigenvalue weighted by atomic mass is 10.7. The summed E-state index contributed by atoms with van der Waals surface area (Å²) < 4.78 is 0. The molecule has 0 aromatic heterocycles. The fourth-order valence-corrected chi connectivity index (χ4v) is 0. The van der Waals surface area contributed by atoms with Gasteiger partial charge in [-0.1, -0.05) is 20.4 Å². The second-order valence-electron chi connectivity index (χ2n) is 1.88. The van der Waals surface area contributed by atoms with E-state index in [9.17, 15) is 4.79 Å². The van der Waals surface area contributed by atoms with E-state index in [4.69, 9.17) is 5.11 Å². The molecular weight excluding hydrogens is 178 g/mol. The summed E-state index contributed by atoms with van der Waals surface area (Å²) in [7, 11) is 6.00. The van der Waals surface area contributed by atoms with Crippen molar-refractivity contribution in [3.8, 4) is 0 Å². The second-order valence-corrected chi connectivity index (χ2v) is 1.88. The van der Waals surface area contributed by atoms with Crippen LogP contribution in [-0.4, -0.2) is 37.1 Å². The highest BCUT2D eigenvalue weighted by Gasteiger charge is 1.73. The average Bonchev–Trinajstić information content (AvgIpc) is 1.91. The van der Waals surface area contributed by atoms with Crippen LogP contribution < -0.4 is 0 Å². The molecule has 0 spiro atoms. The van der Waals surface area contributed by atoms with Crippen molar-refractivity contribution in [2.75, 3.05) is 21.1 Å². The van der Waals surface area contributed by atoms with Crippen LogP contribution in [0.1, 0.15) is 13.8 Å². The monoisotopic (exact) mass is 197 g/mol. The van der Waals surface area contributed by atoms with Gasteiger partial charge in [0.05, 0.1) is 0 Å². The first-order valence-electron chi connectivity index (χ1n) is 3.47. The molecule has 76 valence electrons. The zero-order valence-corrected chi connectivity index (χ0v) is 9.31. The Kier molecular flexibility index (Phi) is 42.1. The van der Waals surface area contributed by atoms with Gasteiger partial charge in [0.2, 0.25) is 0 Å². The largest absolute Gasteiger partial charge is 0.478 e. The molecule has 0 radical (unpaired) electrons. The molecule has 0 aliphatic heterocycles. The van der Waals surface area contributed by atoms with Crippen LogP contribution in [0.5, 0.6) is 0 Å². The van der Waals surface area contributed by atoms with Gasteiger partial charge in [0, 0.05) is 6.08 Å². The van der Waals surface area contributed by atoms with E-state index >= 15 is 0 Å². The molecule has 0 amide bonds. The first kappa shape index (κ1) is 22.5. The van der Waals surface area contributed by atoms with Crippen molar-refractivity contribution >= 4 is 18.4 Å². The predicted molar refractivity (Wildman–Crippen MR) is 56.0 cm³/mol. The van der Waals surface area contributed by atoms with Crippen molar-refractivity contribution in [1.29, 1.82) is 0 Å². The van der Waals surface area contributed by atoms with Crippen molar-refractivity contribution < 1.29 is 9.90 Å². The number of aliphatic carboxylic acids is 1. The fraction of sp³-hybridized carbons (Fsp3) is 0.625. The Morgan fingerprint density at radius 3 is 1.42 bits per heavy atom. The number of hydrogen-bond donors (Lipinski definition) is 1. The van der Waals surface area contributed by atoms with Crippen LogP contribution in [0.15, 0.2) is 12.7 Å². The molecule has 12 heavy (non-hydrogen) atoms. The Bertz CT molecular complexity index is 92.3. The third kappa shape index (κ3) is 318. The zero-order valence-electron chi connectivity index (χ0n) is 8.50. The number of carbonyl (C=O) groups is 1. The van der Waals surface area contributed by atoms with Crippen molar-refractivity contribution in [2.24, 2.45) is 0 Å². The lowest BCUT2D eigenvalue weighted by Gasteiger charge is -1.90. The van der Waals surface area contributed by atoms with E-state index in [0.717, 1.165) is 6.08 Å². The van der Waals surface area contributed by atoms with E-state index < -0.39 is 5.97 Å². The molecule has 1 N–H and O–H groups in total. The first-order valence-corrected chi connectivity index (χ1v) is 3.47. The van der Waals surface area contributed by atoms with E-state index in [1.807, 2.05) is 39.9 Å². The van der Waals surface area contributed by atoms with Crippen molar-refractivity contribution in [1.82, 2.24) is 4.90 Å². The molecule has 4 heteroatoms. The van der Waals surface area contributed by atoms with Crippen LogP contribution in [0.2, 0.25) is 0 Å². The van der Waals surface area contributed by atoms with Gasteiger partial charge in [-0.05, 0) is 21.1 Å². The molecule has 0 aromatic carbocycles. The summed E-state index contributed by atoms with van der Waals surface area (Å²) in [6.45, 7) is 6.96. The predicted octanol–water partition coefficient (Wildman–Crippen LogP) is 1.88. The SMILES string of the molecule is C=CC(=O)O.CC.CN(C)C.Cl. The lowest BCUT2D eigenvalue weighted by Crippen LogP contribution is -1.99. The molecule has 0 aliphatic rings. The molecule has 0 bridgehead atoms. The number of halogens is 1. The Morgan fingerprint density at radius 2 is 1.42 bits per heavy atom. The average molecular weight is 198 g/mol. The third-order valence-corrected chi connectivity index (χ3v) is 0.175. The van der Waals surface area contributed by atoms with Gasteiger partial charge >= 0.3 is 5.97 Å². The minimum Gasteiger partial charge on any atom is -0.478 e. The summed E-state index contributed by atoms with van der Waals surface area (Å²) >= 11 is 0. The summed E-state index contributed by atoms with van der Waals surface area (Å²) in [5, 5.41) is 7.60. The summed E-state index contributed by atoms with van der Waals surface area (Å²) in [4.78, 5) is 11.2. The van der Waals surface area contributed by atoms with Gasteiger partial charge < -0.3 is 10.0 Å². The Morgan fingerprint density at radius 1 is 1.33 bits per heavy atom. The Balaban J connectivity index is -0.0000000419. The number of hydrogen-bond acceptors (Lipinski definition) is 2. The summed E-state index contributed by atoms with van der Waals surface area (Å²) in [5.74, 6) is -0.981. The van der Waals surface area contributed by atoms with Crippen LogP contribution in [-0.2, 0) is 4.79 Å². The minimum absolute atomic E-state index is 0. The first-order chi connectivity index (χ1) is 5.00. The molecule has 0 aromatic rings. The maximum atomic E-state index is 9.25. The topological polar surface area (TPSA) is 40.5 Å². The van der Waals surface area contributed by atoms with Gasteiger partial charge in [-0.3, -0.25) is 0 Å². The summed E-state index contributed by atoms with van der Waals surface area (Å²) in [6, 6.07) is 0. The summed E-state index contributed by atoms with van der Waals surface area (Å²) in [6.07, 6.45) is 0.833. The normalized spacial score (nSPS) is 6.17. The minimum atomic E-state index is -0.981. The van der Waals surface area contributed by atoms with Crippen molar-refractivity contribution in [3.63, 3.8) is 0 Å². The lowest BCUT2D eigenvalue weighted by molar-refractivity contribution is -0.131. The molecule has 0 aliphatic carbocycles. The quantitative estimate of drug-likeness (QED) is 0.653. The maximum Gasteiger partial charge on any atom is 0.327 e. The highest BCUT2D eigenvalue weighted by molar-refractivity contribution is 5.85. The molecule has 0 heterocycles. The highest BCUT2D eigenvalue weighted by atomic mass is 35.5. The van der Waals surface area contributed by atoms with E-state index in [1.165, 1.54) is 0 Å². The molecule has 0 saturated carbocycles. The number of carboxylic acids is 1. The Labute approximate surface area is 81.5 Å². The fourth-order valence-electron chi connectivity index (χ4n) is 0. The van der Waals surface area contributed by atoms with Crippen LogP contribution in [0.25, 0.3) is 0 Å². The molecule has 0 fully saturated rings. The van der Waals surface area contributed by atoms with Crippen LogP contribution in [0, 0.1) is 0 Å². The third-order valence-electron chi connectivity index (χ3n) is 0.175. The smallest absolute Gasteiger partial charge is 0.327 e. The van der Waals surface area contributed by atoms with Gasteiger partial charge in [-0.15, -0.1) is 12.4 Å². The van der Waals surface area contributed by atoms with Gasteiger partial charge in [-0.25, -0.2) is 4.79 Å². The molecule has 0 saturated heterocycles. The Hall–Kier alpha value is -0.540. The number of rotatable bonds is 1. The van der Waals surface area contributed by atoms with Gasteiger partial charge in [-0.2, -0.15) is 0 Å². The van der Waals surface area contributed by atoms with Gasteiger partial charge in [0.1, 0.15) is 0 Å². The number of carboxylic acid groups (broad SMARTS) is 1. The molecule has 3 nitrogen and oxygen atoms in total. The van der Waals surface area contributed by atoms with Crippen molar-refractivity contribution in [2.45, 2.75) is 13.8 Å². The van der Waals surface area contributed by atoms with E-state index in [0.29, 0.717) is 0 Å². The van der Waals surface area contributed by atoms with E-state index in [2.05, 4.69) is 6.58 Å². The zero-order chi connectivity index (χ0) is 9.86. The van der Waals surface area contributed by atoms with E-state index in [-0.39, 0.29) is 12.4 Å². The van der Waals surface area contributed by atoms with Crippen LogP contribution >= 0.6 is 12.4 Å². The van der Waals surface area contributed by atoms with Crippen molar-refractivity contribution in [3.05, 3.63) is 12.7 Å². The van der Waals surface area contributed by atoms with Crippen LogP contribution in [0.4, 0.5) is 0 Å². The van der Waals surface area contributed by atoms with Gasteiger partial charge in [0.15, 0.2) is 0 Å². The molecule has 0 unspecified atom stereocenters. The number of nitrogens with zero attached hydrogens (tertiary/aromatic N) is 1. The molecule has 0 rings (SSSR count). The van der Waals surface area contributed by atoms with Gasteiger partial charge in [0.25, 0.3) is 0 Å².